The molecule has 23 heavy (non-hydrogen) atoms. The average molecular weight is 320 g/mol. The van der Waals surface area contributed by atoms with Crippen LogP contribution in [0.5, 0.6) is 0 Å². The number of carbonyl (C=O) groups excluding carboxylic acids is 2. The van der Waals surface area contributed by atoms with Crippen molar-refractivity contribution in [3.63, 3.8) is 0 Å². The Hall–Kier alpha value is -2.31. The van der Waals surface area contributed by atoms with Gasteiger partial charge in [-0.15, -0.1) is 0 Å². The molecule has 0 unspecified atom stereocenters. The van der Waals surface area contributed by atoms with Crippen molar-refractivity contribution in [2.45, 2.75) is 45.3 Å². The molecular weight excluding hydrogens is 296 g/mol. The number of nitrogen functional groups attached to an aromatic ring is 1. The monoisotopic (exact) mass is 320 g/mol. The molecule has 0 bridgehead atoms. The maximum atomic E-state index is 12.4. The summed E-state index contributed by atoms with van der Waals surface area (Å²) in [4.78, 5) is 29.9. The van der Waals surface area contributed by atoms with Crippen molar-refractivity contribution in [2.24, 2.45) is 0 Å². The van der Waals surface area contributed by atoms with Gasteiger partial charge in [0.1, 0.15) is 17.1 Å². The number of nitrogens with zero attached hydrogens (tertiary/aromatic N) is 2. The molecule has 0 aliphatic carbocycles. The van der Waals surface area contributed by atoms with E-state index in [0.29, 0.717) is 37.4 Å². The van der Waals surface area contributed by atoms with E-state index in [1.165, 1.54) is 0 Å². The zero-order valence-electron chi connectivity index (χ0n) is 13.8. The molecule has 1 saturated heterocycles. The first-order chi connectivity index (χ1) is 10.7. The van der Waals surface area contributed by atoms with E-state index >= 15 is 0 Å². The van der Waals surface area contributed by atoms with Crippen LogP contribution in [0.15, 0.2) is 18.2 Å². The van der Waals surface area contributed by atoms with Crippen LogP contribution in [-0.4, -0.2) is 46.6 Å². The Morgan fingerprint density at radius 1 is 1.30 bits per heavy atom. The van der Waals surface area contributed by atoms with Crippen molar-refractivity contribution in [3.8, 4) is 0 Å². The third kappa shape index (κ3) is 5.12. The molecule has 0 aromatic carbocycles. The number of carbonyl (C=O) groups is 2. The van der Waals surface area contributed by atoms with Gasteiger partial charge in [-0.05, 0) is 45.7 Å². The van der Waals surface area contributed by atoms with E-state index in [4.69, 9.17) is 10.5 Å². The second kappa shape index (κ2) is 6.85. The highest BCUT2D eigenvalue weighted by atomic mass is 16.6. The molecule has 126 valence electrons. The van der Waals surface area contributed by atoms with Gasteiger partial charge in [0.2, 0.25) is 0 Å². The van der Waals surface area contributed by atoms with Gasteiger partial charge in [0.15, 0.2) is 0 Å². The summed E-state index contributed by atoms with van der Waals surface area (Å²) in [6, 6.07) is 5.03. The molecule has 1 fully saturated rings. The lowest BCUT2D eigenvalue weighted by Gasteiger charge is -2.32. The Morgan fingerprint density at radius 2 is 1.96 bits per heavy atom. The van der Waals surface area contributed by atoms with Crippen LogP contribution in [0.2, 0.25) is 0 Å². The lowest BCUT2D eigenvalue weighted by Crippen LogP contribution is -2.47. The van der Waals surface area contributed by atoms with Gasteiger partial charge in [-0.1, -0.05) is 6.07 Å². The third-order valence-electron chi connectivity index (χ3n) is 3.49. The summed E-state index contributed by atoms with van der Waals surface area (Å²) >= 11 is 0. The topological polar surface area (TPSA) is 97.5 Å². The van der Waals surface area contributed by atoms with E-state index in [-0.39, 0.29) is 11.9 Å². The molecule has 0 saturated carbocycles. The number of alkyl carbamates (subject to hydrolysis) is 1. The molecule has 1 aliphatic heterocycles. The number of pyridine rings is 1. The van der Waals surface area contributed by atoms with Gasteiger partial charge in [-0.3, -0.25) is 4.79 Å². The summed E-state index contributed by atoms with van der Waals surface area (Å²) in [6.45, 7) is 6.61. The van der Waals surface area contributed by atoms with Crippen molar-refractivity contribution in [1.82, 2.24) is 15.2 Å². The molecule has 1 aromatic heterocycles. The molecule has 0 spiro atoms. The Morgan fingerprint density at radius 3 is 2.52 bits per heavy atom. The summed E-state index contributed by atoms with van der Waals surface area (Å²) in [5.74, 6) is 0.199. The molecule has 1 aliphatic rings. The number of piperidine rings is 1. The van der Waals surface area contributed by atoms with Gasteiger partial charge in [-0.25, -0.2) is 9.78 Å². The second-order valence-electron chi connectivity index (χ2n) is 6.66. The molecule has 0 radical (unpaired) electrons. The standard InChI is InChI=1S/C16H24N4O3/c1-16(2,3)23-15(22)18-11-7-9-20(10-8-11)14(21)12-5-4-6-13(17)19-12/h4-6,11H,7-10H2,1-3H3,(H2,17,19)(H,18,22). The summed E-state index contributed by atoms with van der Waals surface area (Å²) in [5, 5.41) is 2.85. The number of likely N-dealkylation sites (tertiary alicyclic amines) is 1. The van der Waals surface area contributed by atoms with Crippen molar-refractivity contribution < 1.29 is 14.3 Å². The maximum Gasteiger partial charge on any atom is 0.407 e. The number of aromatic nitrogens is 1. The van der Waals surface area contributed by atoms with E-state index in [1.807, 2.05) is 20.8 Å². The Kier molecular flexibility index (Phi) is 5.08. The lowest BCUT2D eigenvalue weighted by molar-refractivity contribution is 0.0473. The van der Waals surface area contributed by atoms with Crippen LogP contribution < -0.4 is 11.1 Å². The average Bonchev–Trinajstić information content (AvgIpc) is 2.45. The first kappa shape index (κ1) is 17.1. The Labute approximate surface area is 136 Å². The molecule has 2 amide bonds. The van der Waals surface area contributed by atoms with Crippen molar-refractivity contribution in [1.29, 1.82) is 0 Å². The van der Waals surface area contributed by atoms with E-state index in [1.54, 1.807) is 23.1 Å². The molecule has 7 heteroatoms. The SMILES string of the molecule is CC(C)(C)OC(=O)NC1CCN(C(=O)c2cccc(N)n2)CC1. The second-order valence-corrected chi connectivity index (χ2v) is 6.66. The predicted octanol–water partition coefficient (Wildman–Crippen LogP) is 1.79. The van der Waals surface area contributed by atoms with Gasteiger partial charge in [0, 0.05) is 19.1 Å². The minimum Gasteiger partial charge on any atom is -0.444 e. The Bertz CT molecular complexity index is 575. The Balaban J connectivity index is 1.84. The summed E-state index contributed by atoms with van der Waals surface area (Å²) in [5.41, 5.74) is 5.45. The van der Waals surface area contributed by atoms with Gasteiger partial charge in [0.25, 0.3) is 5.91 Å². The first-order valence-electron chi connectivity index (χ1n) is 7.76. The number of ether oxygens (including phenoxy) is 1. The van der Waals surface area contributed by atoms with E-state index < -0.39 is 11.7 Å². The smallest absolute Gasteiger partial charge is 0.407 e. The highest BCUT2D eigenvalue weighted by Gasteiger charge is 2.26. The molecule has 0 atom stereocenters. The lowest BCUT2D eigenvalue weighted by atomic mass is 10.0. The first-order valence-corrected chi connectivity index (χ1v) is 7.76. The van der Waals surface area contributed by atoms with Crippen molar-refractivity contribution in [2.75, 3.05) is 18.8 Å². The van der Waals surface area contributed by atoms with E-state index in [2.05, 4.69) is 10.3 Å². The maximum absolute atomic E-state index is 12.4. The van der Waals surface area contributed by atoms with Crippen LogP contribution >= 0.6 is 0 Å². The quantitative estimate of drug-likeness (QED) is 0.866. The molecule has 1 aromatic rings. The summed E-state index contributed by atoms with van der Waals surface area (Å²) < 4.78 is 5.24. The van der Waals surface area contributed by atoms with E-state index in [9.17, 15) is 9.59 Å². The number of hydrogen-bond donors (Lipinski definition) is 2. The molecule has 2 rings (SSSR count). The van der Waals surface area contributed by atoms with Crippen LogP contribution in [-0.2, 0) is 4.74 Å². The van der Waals surface area contributed by atoms with Crippen LogP contribution in [0, 0.1) is 0 Å². The summed E-state index contributed by atoms with van der Waals surface area (Å²) in [7, 11) is 0. The molecular formula is C16H24N4O3. The number of amides is 2. The zero-order chi connectivity index (χ0) is 17.0. The zero-order valence-corrected chi connectivity index (χ0v) is 13.8. The van der Waals surface area contributed by atoms with Crippen LogP contribution in [0.4, 0.5) is 10.6 Å². The molecule has 2 heterocycles. The van der Waals surface area contributed by atoms with Crippen LogP contribution in [0.1, 0.15) is 44.1 Å². The van der Waals surface area contributed by atoms with Crippen LogP contribution in [0.3, 0.4) is 0 Å². The minimum absolute atomic E-state index is 0.0164. The summed E-state index contributed by atoms with van der Waals surface area (Å²) in [6.07, 6.45) is 0.959. The van der Waals surface area contributed by atoms with Crippen molar-refractivity contribution >= 4 is 17.8 Å². The number of rotatable bonds is 2. The van der Waals surface area contributed by atoms with Gasteiger partial charge >= 0.3 is 6.09 Å². The fourth-order valence-corrected chi connectivity index (χ4v) is 2.43. The number of anilines is 1. The fraction of sp³-hybridized carbons (Fsp3) is 0.562. The van der Waals surface area contributed by atoms with Gasteiger partial charge in [0.05, 0.1) is 0 Å². The fourth-order valence-electron chi connectivity index (χ4n) is 2.43. The van der Waals surface area contributed by atoms with E-state index in [0.717, 1.165) is 0 Å². The highest BCUT2D eigenvalue weighted by molar-refractivity contribution is 5.92. The minimum atomic E-state index is -0.514. The van der Waals surface area contributed by atoms with Gasteiger partial charge < -0.3 is 20.7 Å². The third-order valence-corrected chi connectivity index (χ3v) is 3.49. The number of hydrogen-bond acceptors (Lipinski definition) is 5. The van der Waals surface area contributed by atoms with Crippen LogP contribution in [0.25, 0.3) is 0 Å². The number of nitrogens with two attached hydrogens (primary N) is 1. The molecule has 7 nitrogen and oxygen atoms in total. The highest BCUT2D eigenvalue weighted by Crippen LogP contribution is 2.15. The normalized spacial score (nSPS) is 16.0. The number of nitrogens with one attached hydrogen (secondary N) is 1. The molecule has 3 N–H and O–H groups in total. The van der Waals surface area contributed by atoms with Crippen molar-refractivity contribution in [3.05, 3.63) is 23.9 Å². The largest absolute Gasteiger partial charge is 0.444 e. The predicted molar refractivity (Wildman–Crippen MR) is 86.9 cm³/mol. The van der Waals surface area contributed by atoms with Gasteiger partial charge in [-0.2, -0.15) is 0 Å².